The maximum absolute atomic E-state index is 15.3. The summed E-state index contributed by atoms with van der Waals surface area (Å²) in [6.45, 7) is -5.95. The van der Waals surface area contributed by atoms with Gasteiger partial charge in [-0.3, -0.25) is 19.1 Å². The monoisotopic (exact) mass is 635 g/mol. The Balaban J connectivity index is 1.19. The van der Waals surface area contributed by atoms with Crippen LogP contribution in [0.2, 0.25) is 0 Å². The molecule has 6 heterocycles. The predicted molar refractivity (Wildman–Crippen MR) is 134 cm³/mol. The third kappa shape index (κ3) is 4.87. The van der Waals surface area contributed by atoms with E-state index in [2.05, 4.69) is 40.6 Å². The second kappa shape index (κ2) is 10.7. The second-order valence-electron chi connectivity index (χ2n) is 9.12. The number of aromatic amines is 2. The van der Waals surface area contributed by atoms with Crippen LogP contribution < -0.4 is 16.9 Å². The Morgan fingerprint density at radius 2 is 1.74 bits per heavy atom. The summed E-state index contributed by atoms with van der Waals surface area (Å²) < 4.78 is 53.6. The first-order valence-corrected chi connectivity index (χ1v) is 14.5. The fourth-order valence-corrected chi connectivity index (χ4v) is 5.92. The molecule has 0 bridgehead atoms. The Morgan fingerprint density at radius 3 is 2.45 bits per heavy atom. The average molecular weight is 635 g/mol. The number of nitrogens with zero attached hydrogens (tertiary/aromatic N) is 8. The molecule has 0 radical (unpaired) electrons. The quantitative estimate of drug-likeness (QED) is 0.106. The van der Waals surface area contributed by atoms with Gasteiger partial charge in [-0.05, 0) is 11.8 Å². The Kier molecular flexibility index (Phi) is 7.31. The normalized spacial score (nSPS) is 31.3. The third-order valence-corrected chi connectivity index (χ3v) is 8.06. The Hall–Kier alpha value is -3.41. The van der Waals surface area contributed by atoms with E-state index >= 15 is 8.78 Å². The highest BCUT2D eigenvalue weighted by atomic mass is 32.5. The maximum atomic E-state index is 15.3. The topological polar surface area (TPSA) is 277 Å². The standard InChI is InChI=1S/C18H20F2N11O9PS/c19-6-4(1-32)38-17(31-13-9(27-29-31)15(35)25-18(21)24-13)11(6)40-41(36,42)37-2-5-10(33)7(20)16(39-5)30-12-8(26-28-30)14(34)23-3-22-12/h3-7,10-11,16-17,32-33H,1-2H2,(H,36,42)(H,22,23,34)(H3,21,24,25,35)/t4-,5-,6-,7+,10-,11-,16?,17-,41?/m1/s1. The van der Waals surface area contributed by atoms with Crippen LogP contribution in [0.25, 0.3) is 22.3 Å². The zero-order valence-electron chi connectivity index (χ0n) is 20.7. The van der Waals surface area contributed by atoms with E-state index in [0.29, 0.717) is 0 Å². The lowest BCUT2D eigenvalue weighted by Gasteiger charge is -2.25. The van der Waals surface area contributed by atoms with Crippen molar-refractivity contribution in [3.8, 4) is 0 Å². The van der Waals surface area contributed by atoms with Crippen molar-refractivity contribution in [3.05, 3.63) is 27.0 Å². The number of H-pyrrole nitrogens is 2. The van der Waals surface area contributed by atoms with Gasteiger partial charge in [-0.2, -0.15) is 14.3 Å². The molecule has 4 aromatic heterocycles. The summed E-state index contributed by atoms with van der Waals surface area (Å²) in [6, 6.07) is 0. The Labute approximate surface area is 234 Å². The van der Waals surface area contributed by atoms with E-state index in [-0.39, 0.29) is 28.3 Å². The fourth-order valence-electron chi connectivity index (χ4n) is 4.52. The zero-order chi connectivity index (χ0) is 29.9. The van der Waals surface area contributed by atoms with Gasteiger partial charge in [0, 0.05) is 0 Å². The largest absolute Gasteiger partial charge is 0.394 e. The molecule has 24 heteroatoms. The first kappa shape index (κ1) is 28.7. The molecule has 20 nitrogen and oxygen atoms in total. The van der Waals surface area contributed by atoms with E-state index in [4.69, 9.17) is 36.1 Å². The van der Waals surface area contributed by atoms with E-state index < -0.39 is 80.3 Å². The molecule has 2 aliphatic heterocycles. The zero-order valence-corrected chi connectivity index (χ0v) is 22.4. The van der Waals surface area contributed by atoms with Gasteiger partial charge in [0.05, 0.1) is 19.5 Å². The lowest BCUT2D eigenvalue weighted by molar-refractivity contribution is -0.0611. The van der Waals surface area contributed by atoms with Crippen molar-refractivity contribution < 1.29 is 42.4 Å². The number of rotatable bonds is 8. The number of halogens is 2. The second-order valence-corrected chi connectivity index (χ2v) is 11.9. The van der Waals surface area contributed by atoms with E-state index in [1.54, 1.807) is 0 Å². The van der Waals surface area contributed by atoms with Gasteiger partial charge >= 0.3 is 6.72 Å². The highest BCUT2D eigenvalue weighted by Gasteiger charge is 2.51. The number of aliphatic hydroxyl groups is 2. The fraction of sp³-hybridized carbons (Fsp3) is 0.556. The Morgan fingerprint density at radius 1 is 1.07 bits per heavy atom. The minimum atomic E-state index is -4.41. The van der Waals surface area contributed by atoms with Crippen LogP contribution in [0, 0.1) is 0 Å². The number of anilines is 1. The van der Waals surface area contributed by atoms with Gasteiger partial charge in [-0.15, -0.1) is 10.2 Å². The van der Waals surface area contributed by atoms with E-state index in [1.807, 2.05) is 0 Å². The summed E-state index contributed by atoms with van der Waals surface area (Å²) >= 11 is 5.01. The maximum Gasteiger partial charge on any atom is 0.325 e. The number of aromatic nitrogens is 10. The smallest absolute Gasteiger partial charge is 0.325 e. The van der Waals surface area contributed by atoms with E-state index in [1.165, 1.54) is 0 Å². The minimum absolute atomic E-state index is 0.116. The predicted octanol–water partition coefficient (Wildman–Crippen LogP) is -2.93. The molecule has 42 heavy (non-hydrogen) atoms. The molecule has 9 atom stereocenters. The summed E-state index contributed by atoms with van der Waals surface area (Å²) in [5.41, 5.74) is 3.41. The highest BCUT2D eigenvalue weighted by molar-refractivity contribution is 8.07. The molecule has 2 fully saturated rings. The van der Waals surface area contributed by atoms with Crippen LogP contribution in [-0.2, 0) is 30.3 Å². The minimum Gasteiger partial charge on any atom is -0.394 e. The molecule has 7 N–H and O–H groups in total. The van der Waals surface area contributed by atoms with Crippen LogP contribution in [-0.4, -0.2) is 115 Å². The molecule has 2 saturated heterocycles. The van der Waals surface area contributed by atoms with Crippen molar-refractivity contribution in [2.45, 2.75) is 49.2 Å². The molecule has 0 aliphatic carbocycles. The van der Waals surface area contributed by atoms with Crippen LogP contribution in [0.1, 0.15) is 12.5 Å². The molecule has 0 saturated carbocycles. The summed E-state index contributed by atoms with van der Waals surface area (Å²) in [5.74, 6) is -0.307. The number of ether oxygens (including phenoxy) is 2. The van der Waals surface area contributed by atoms with Crippen molar-refractivity contribution in [3.63, 3.8) is 0 Å². The molecular weight excluding hydrogens is 615 g/mol. The SMILES string of the molecule is Nc1nc2c(nnn2[C@@H]2O[C@H](CO)[C@@H](F)[C@H]2OP(O)(=S)OC[C@H]2OC(n3nnc4c(=O)[nH]cnc43)[C@@H](F)[C@@H]2O)c(=O)[nH]1. The summed E-state index contributed by atoms with van der Waals surface area (Å²) in [4.78, 5) is 47.1. The number of nitrogens with two attached hydrogens (primary N) is 1. The van der Waals surface area contributed by atoms with E-state index in [9.17, 15) is 24.7 Å². The lowest BCUT2D eigenvalue weighted by atomic mass is 10.1. The van der Waals surface area contributed by atoms with Crippen LogP contribution in [0.3, 0.4) is 0 Å². The number of fused-ring (bicyclic) bond motifs is 2. The van der Waals surface area contributed by atoms with Gasteiger partial charge in [0.15, 0.2) is 47.1 Å². The Bertz CT molecular complexity index is 1800. The lowest BCUT2D eigenvalue weighted by Crippen LogP contribution is -2.33. The van der Waals surface area contributed by atoms with Crippen molar-refractivity contribution in [2.24, 2.45) is 0 Å². The van der Waals surface area contributed by atoms with Crippen LogP contribution in [0.4, 0.5) is 14.7 Å². The average Bonchev–Trinajstić information content (AvgIpc) is 3.69. The number of hydrogen-bond acceptors (Lipinski definition) is 16. The molecule has 0 spiro atoms. The number of hydrogen-bond donors (Lipinski definition) is 6. The number of nitrogens with one attached hydrogen (secondary N) is 2. The van der Waals surface area contributed by atoms with Gasteiger partial charge in [-0.25, -0.2) is 13.8 Å². The van der Waals surface area contributed by atoms with Crippen molar-refractivity contribution in [1.82, 2.24) is 49.9 Å². The molecule has 0 aromatic carbocycles. The van der Waals surface area contributed by atoms with Crippen molar-refractivity contribution >= 4 is 46.8 Å². The van der Waals surface area contributed by atoms with Gasteiger partial charge in [-0.1, -0.05) is 10.4 Å². The summed E-state index contributed by atoms with van der Waals surface area (Å²) in [5, 5.41) is 34.7. The summed E-state index contributed by atoms with van der Waals surface area (Å²) in [7, 11) is 0. The molecule has 6 rings (SSSR count). The van der Waals surface area contributed by atoms with Gasteiger partial charge in [0.2, 0.25) is 5.95 Å². The highest BCUT2D eigenvalue weighted by Crippen LogP contribution is 2.50. The number of alkyl halides is 2. The van der Waals surface area contributed by atoms with Crippen LogP contribution in [0.15, 0.2) is 15.9 Å². The molecule has 2 aliphatic rings. The van der Waals surface area contributed by atoms with Crippen LogP contribution >= 0.6 is 6.72 Å². The van der Waals surface area contributed by atoms with Crippen LogP contribution in [0.5, 0.6) is 0 Å². The first-order chi connectivity index (χ1) is 20.0. The molecule has 2 unspecified atom stereocenters. The summed E-state index contributed by atoms with van der Waals surface area (Å²) in [6.07, 6.45) is -12.8. The van der Waals surface area contributed by atoms with Gasteiger partial charge in [0.25, 0.3) is 11.1 Å². The molecular formula is C18H20F2N11O9PS. The first-order valence-electron chi connectivity index (χ1n) is 11.9. The molecule has 4 aromatic rings. The molecule has 0 amide bonds. The molecule has 226 valence electrons. The van der Waals surface area contributed by atoms with E-state index in [0.717, 1.165) is 15.7 Å². The van der Waals surface area contributed by atoms with Gasteiger partial charge < -0.3 is 39.8 Å². The number of nitrogen functional groups attached to an aromatic ring is 1. The number of aliphatic hydroxyl groups excluding tert-OH is 2. The van der Waals surface area contributed by atoms with Crippen molar-refractivity contribution in [2.75, 3.05) is 18.9 Å². The van der Waals surface area contributed by atoms with Gasteiger partial charge in [0.1, 0.15) is 24.4 Å². The van der Waals surface area contributed by atoms with Crippen molar-refractivity contribution in [1.29, 1.82) is 0 Å². The third-order valence-electron chi connectivity index (χ3n) is 6.50.